The maximum Gasteiger partial charge on any atom is 0.0791 e. The molecule has 1 fully saturated rings. The SMILES string of the molecule is NCC(C1CCCO1)N1CCCc2ccccc21. The number of ether oxygens (including phenoxy) is 1. The Labute approximate surface area is 109 Å². The number of hydrogen-bond donors (Lipinski definition) is 1. The van der Waals surface area contributed by atoms with Gasteiger partial charge in [-0.25, -0.2) is 0 Å². The number of fused-ring (bicyclic) bond motifs is 1. The molecule has 3 nitrogen and oxygen atoms in total. The van der Waals surface area contributed by atoms with Gasteiger partial charge in [-0.15, -0.1) is 0 Å². The average molecular weight is 246 g/mol. The molecule has 1 saturated heterocycles. The number of benzene rings is 1. The Bertz CT molecular complexity index is 401. The van der Waals surface area contributed by atoms with Gasteiger partial charge in [0.15, 0.2) is 0 Å². The van der Waals surface area contributed by atoms with Crippen molar-refractivity contribution in [2.75, 3.05) is 24.6 Å². The van der Waals surface area contributed by atoms with E-state index in [0.717, 1.165) is 19.6 Å². The van der Waals surface area contributed by atoms with Gasteiger partial charge in [0, 0.05) is 25.4 Å². The minimum atomic E-state index is 0.321. The van der Waals surface area contributed by atoms with Crippen molar-refractivity contribution in [3.8, 4) is 0 Å². The lowest BCUT2D eigenvalue weighted by atomic mass is 9.97. The molecule has 0 bridgehead atoms. The number of hydrogen-bond acceptors (Lipinski definition) is 3. The highest BCUT2D eigenvalue weighted by molar-refractivity contribution is 5.56. The van der Waals surface area contributed by atoms with Crippen LogP contribution in [-0.2, 0) is 11.2 Å². The average Bonchev–Trinajstić information content (AvgIpc) is 2.94. The van der Waals surface area contributed by atoms with E-state index in [4.69, 9.17) is 10.5 Å². The van der Waals surface area contributed by atoms with E-state index in [-0.39, 0.29) is 0 Å². The predicted octanol–water partition coefficient (Wildman–Crippen LogP) is 1.95. The smallest absolute Gasteiger partial charge is 0.0791 e. The molecule has 2 unspecified atom stereocenters. The largest absolute Gasteiger partial charge is 0.376 e. The normalized spacial score (nSPS) is 24.9. The first-order valence-corrected chi connectivity index (χ1v) is 7.06. The van der Waals surface area contributed by atoms with Crippen molar-refractivity contribution < 1.29 is 4.74 Å². The summed E-state index contributed by atoms with van der Waals surface area (Å²) in [7, 11) is 0. The zero-order valence-electron chi connectivity index (χ0n) is 10.8. The number of para-hydroxylation sites is 1. The van der Waals surface area contributed by atoms with Crippen LogP contribution in [0, 0.1) is 0 Å². The molecule has 2 aliphatic heterocycles. The highest BCUT2D eigenvalue weighted by atomic mass is 16.5. The maximum absolute atomic E-state index is 6.02. The van der Waals surface area contributed by atoms with Gasteiger partial charge in [0.1, 0.15) is 0 Å². The van der Waals surface area contributed by atoms with E-state index in [9.17, 15) is 0 Å². The first-order chi connectivity index (χ1) is 8.90. The topological polar surface area (TPSA) is 38.5 Å². The fourth-order valence-corrected chi connectivity index (χ4v) is 3.29. The summed E-state index contributed by atoms with van der Waals surface area (Å²) in [6, 6.07) is 9.07. The van der Waals surface area contributed by atoms with Crippen LogP contribution in [0.15, 0.2) is 24.3 Å². The van der Waals surface area contributed by atoms with Crippen LogP contribution in [0.3, 0.4) is 0 Å². The van der Waals surface area contributed by atoms with Crippen molar-refractivity contribution in [3.05, 3.63) is 29.8 Å². The molecule has 0 aliphatic carbocycles. The van der Waals surface area contributed by atoms with E-state index < -0.39 is 0 Å². The number of anilines is 1. The Hall–Kier alpha value is -1.06. The van der Waals surface area contributed by atoms with E-state index >= 15 is 0 Å². The molecule has 2 aliphatic rings. The van der Waals surface area contributed by atoms with Gasteiger partial charge in [0.25, 0.3) is 0 Å². The fourth-order valence-electron chi connectivity index (χ4n) is 3.29. The molecule has 98 valence electrons. The zero-order chi connectivity index (χ0) is 12.4. The standard InChI is InChI=1S/C15H22N2O/c16-11-14(15-8-4-10-18-15)17-9-3-6-12-5-1-2-7-13(12)17/h1-2,5,7,14-15H,3-4,6,8-11,16H2. The molecule has 2 atom stereocenters. The van der Waals surface area contributed by atoms with Crippen LogP contribution in [0.1, 0.15) is 24.8 Å². The third-order valence-corrected chi connectivity index (χ3v) is 4.18. The van der Waals surface area contributed by atoms with E-state index in [0.29, 0.717) is 18.7 Å². The third-order valence-electron chi connectivity index (χ3n) is 4.18. The monoisotopic (exact) mass is 246 g/mol. The van der Waals surface area contributed by atoms with Crippen LogP contribution in [-0.4, -0.2) is 31.8 Å². The van der Waals surface area contributed by atoms with Gasteiger partial charge < -0.3 is 15.4 Å². The number of nitrogens with two attached hydrogens (primary N) is 1. The van der Waals surface area contributed by atoms with E-state index in [2.05, 4.69) is 29.2 Å². The molecule has 3 heteroatoms. The zero-order valence-corrected chi connectivity index (χ0v) is 10.8. The summed E-state index contributed by atoms with van der Waals surface area (Å²) in [4.78, 5) is 2.48. The Kier molecular flexibility index (Phi) is 3.52. The Morgan fingerprint density at radius 1 is 1.33 bits per heavy atom. The Morgan fingerprint density at radius 2 is 2.22 bits per heavy atom. The molecular weight excluding hydrogens is 224 g/mol. The first kappa shape index (κ1) is 12.0. The molecule has 0 radical (unpaired) electrons. The second-order valence-corrected chi connectivity index (χ2v) is 5.28. The van der Waals surface area contributed by atoms with Crippen molar-refractivity contribution in [2.24, 2.45) is 5.73 Å². The van der Waals surface area contributed by atoms with Crippen LogP contribution in [0.25, 0.3) is 0 Å². The van der Waals surface area contributed by atoms with Gasteiger partial charge >= 0.3 is 0 Å². The quantitative estimate of drug-likeness (QED) is 0.886. The van der Waals surface area contributed by atoms with Crippen molar-refractivity contribution >= 4 is 5.69 Å². The molecule has 0 saturated carbocycles. The minimum absolute atomic E-state index is 0.321. The second kappa shape index (κ2) is 5.29. The summed E-state index contributed by atoms with van der Waals surface area (Å²) < 4.78 is 5.85. The summed E-state index contributed by atoms with van der Waals surface area (Å²) in [5, 5.41) is 0. The van der Waals surface area contributed by atoms with Crippen LogP contribution in [0.2, 0.25) is 0 Å². The molecule has 0 spiro atoms. The molecule has 2 heterocycles. The van der Waals surface area contributed by atoms with Crippen molar-refractivity contribution in [1.29, 1.82) is 0 Å². The number of rotatable bonds is 3. The van der Waals surface area contributed by atoms with Crippen LogP contribution in [0.4, 0.5) is 5.69 Å². The Balaban J connectivity index is 1.87. The lowest BCUT2D eigenvalue weighted by Gasteiger charge is -2.39. The lowest BCUT2D eigenvalue weighted by molar-refractivity contribution is 0.0888. The summed E-state index contributed by atoms with van der Waals surface area (Å²) >= 11 is 0. The van der Waals surface area contributed by atoms with Crippen LogP contribution in [0.5, 0.6) is 0 Å². The summed E-state index contributed by atoms with van der Waals surface area (Å²) in [6.45, 7) is 2.69. The predicted molar refractivity (Wildman–Crippen MR) is 73.9 cm³/mol. The molecule has 3 rings (SSSR count). The summed E-state index contributed by atoms with van der Waals surface area (Å²) in [5.74, 6) is 0. The molecule has 1 aromatic rings. The maximum atomic E-state index is 6.02. The fraction of sp³-hybridized carbons (Fsp3) is 0.600. The van der Waals surface area contributed by atoms with Gasteiger partial charge in [0.05, 0.1) is 12.1 Å². The number of nitrogens with zero attached hydrogens (tertiary/aromatic N) is 1. The molecule has 1 aromatic carbocycles. The van der Waals surface area contributed by atoms with Gasteiger partial charge in [-0.1, -0.05) is 18.2 Å². The van der Waals surface area contributed by atoms with Crippen LogP contribution >= 0.6 is 0 Å². The van der Waals surface area contributed by atoms with Crippen molar-refractivity contribution in [3.63, 3.8) is 0 Å². The van der Waals surface area contributed by atoms with Crippen molar-refractivity contribution in [1.82, 2.24) is 0 Å². The summed E-state index contributed by atoms with van der Waals surface area (Å²) in [5.41, 5.74) is 8.85. The van der Waals surface area contributed by atoms with Gasteiger partial charge in [-0.3, -0.25) is 0 Å². The molecule has 0 amide bonds. The van der Waals surface area contributed by atoms with E-state index in [1.54, 1.807) is 0 Å². The highest BCUT2D eigenvalue weighted by Gasteiger charge is 2.31. The molecule has 18 heavy (non-hydrogen) atoms. The first-order valence-electron chi connectivity index (χ1n) is 7.06. The summed E-state index contributed by atoms with van der Waals surface area (Å²) in [6.07, 6.45) is 5.06. The van der Waals surface area contributed by atoms with Crippen LogP contribution < -0.4 is 10.6 Å². The number of aryl methyl sites for hydroxylation is 1. The second-order valence-electron chi connectivity index (χ2n) is 5.28. The molecule has 0 aromatic heterocycles. The van der Waals surface area contributed by atoms with E-state index in [1.807, 2.05) is 0 Å². The van der Waals surface area contributed by atoms with Gasteiger partial charge in [-0.05, 0) is 37.3 Å². The van der Waals surface area contributed by atoms with Gasteiger partial charge in [0.2, 0.25) is 0 Å². The Morgan fingerprint density at radius 3 is 3.00 bits per heavy atom. The van der Waals surface area contributed by atoms with E-state index in [1.165, 1.54) is 30.5 Å². The molecular formula is C15H22N2O. The molecule has 2 N–H and O–H groups in total. The lowest BCUT2D eigenvalue weighted by Crippen LogP contribution is -2.50. The highest BCUT2D eigenvalue weighted by Crippen LogP contribution is 2.31. The van der Waals surface area contributed by atoms with Crippen molar-refractivity contribution in [2.45, 2.75) is 37.8 Å². The van der Waals surface area contributed by atoms with Gasteiger partial charge in [-0.2, -0.15) is 0 Å². The third kappa shape index (κ3) is 2.13. The minimum Gasteiger partial charge on any atom is -0.376 e.